The molecule has 7 heteroatoms. The molecule has 1 aromatic heterocycles. The van der Waals surface area contributed by atoms with Crippen molar-refractivity contribution in [2.75, 3.05) is 26.4 Å². The third-order valence-corrected chi connectivity index (χ3v) is 7.48. The van der Waals surface area contributed by atoms with E-state index in [0.29, 0.717) is 17.8 Å². The van der Waals surface area contributed by atoms with Gasteiger partial charge in [-0.2, -0.15) is 0 Å². The number of carbonyl (C=O) groups is 2. The fraction of sp³-hybridized carbons (Fsp3) is 0.357. The van der Waals surface area contributed by atoms with Crippen LogP contribution in [-0.2, 0) is 25.2 Å². The zero-order valence-electron chi connectivity index (χ0n) is 20.5. The van der Waals surface area contributed by atoms with Crippen molar-refractivity contribution in [1.29, 1.82) is 0 Å². The molecule has 2 aromatic carbocycles. The summed E-state index contributed by atoms with van der Waals surface area (Å²) in [6, 6.07) is 19.6. The lowest BCUT2D eigenvalue weighted by atomic mass is 9.71. The summed E-state index contributed by atoms with van der Waals surface area (Å²) >= 11 is 0. The molecule has 2 aliphatic rings. The standard InChI is InChI=1S/C28H33N5O2/c1-31(2)27(35)22-8-4-21(5-9-22)19-32-16-17-33-24(12-13-25(33)28(32)14-3-15-28)26(34)30-18-20-6-10-23(29)11-7-20/h4-13H,3,14-19,29H2,1-2H3,(H,30,34). The largest absolute Gasteiger partial charge is 0.399 e. The molecule has 1 saturated carbocycles. The van der Waals surface area contributed by atoms with E-state index < -0.39 is 0 Å². The average Bonchev–Trinajstić information content (AvgIpc) is 3.27. The predicted molar refractivity (Wildman–Crippen MR) is 137 cm³/mol. The molecule has 7 nitrogen and oxygen atoms in total. The monoisotopic (exact) mass is 471 g/mol. The van der Waals surface area contributed by atoms with E-state index in [0.717, 1.165) is 43.7 Å². The Morgan fingerprint density at radius 2 is 1.63 bits per heavy atom. The molecule has 1 fully saturated rings. The zero-order chi connectivity index (χ0) is 24.6. The smallest absolute Gasteiger partial charge is 0.268 e. The number of benzene rings is 2. The topological polar surface area (TPSA) is 83.6 Å². The number of rotatable bonds is 6. The van der Waals surface area contributed by atoms with Crippen LogP contribution in [0.15, 0.2) is 60.7 Å². The first-order valence-electron chi connectivity index (χ1n) is 12.3. The van der Waals surface area contributed by atoms with Crippen LogP contribution in [0.2, 0.25) is 0 Å². The molecule has 0 radical (unpaired) electrons. The summed E-state index contributed by atoms with van der Waals surface area (Å²) in [7, 11) is 3.54. The van der Waals surface area contributed by atoms with Crippen LogP contribution in [0, 0.1) is 0 Å². The highest BCUT2D eigenvalue weighted by Crippen LogP contribution is 2.49. The third-order valence-electron chi connectivity index (χ3n) is 7.48. The molecule has 3 N–H and O–H groups in total. The molecule has 35 heavy (non-hydrogen) atoms. The number of nitrogens with two attached hydrogens (primary N) is 1. The third kappa shape index (κ3) is 4.32. The normalized spacial score (nSPS) is 16.4. The molecule has 2 heterocycles. The highest BCUT2D eigenvalue weighted by atomic mass is 16.2. The van der Waals surface area contributed by atoms with Crippen molar-refractivity contribution in [3.63, 3.8) is 0 Å². The van der Waals surface area contributed by atoms with Gasteiger partial charge in [0.2, 0.25) is 0 Å². The van der Waals surface area contributed by atoms with Gasteiger partial charge in [0.15, 0.2) is 0 Å². The number of nitrogen functional groups attached to an aromatic ring is 1. The molecule has 0 saturated heterocycles. The lowest BCUT2D eigenvalue weighted by Crippen LogP contribution is -2.56. The Morgan fingerprint density at radius 1 is 0.943 bits per heavy atom. The van der Waals surface area contributed by atoms with Crippen molar-refractivity contribution >= 4 is 17.5 Å². The highest BCUT2D eigenvalue weighted by molar-refractivity contribution is 5.94. The van der Waals surface area contributed by atoms with Gasteiger partial charge in [0.1, 0.15) is 5.69 Å². The molecule has 1 aliphatic heterocycles. The van der Waals surface area contributed by atoms with Crippen molar-refractivity contribution in [2.45, 2.75) is 44.4 Å². The van der Waals surface area contributed by atoms with Crippen LogP contribution in [0.1, 0.15) is 56.9 Å². The van der Waals surface area contributed by atoms with E-state index in [-0.39, 0.29) is 17.4 Å². The molecule has 5 rings (SSSR count). The van der Waals surface area contributed by atoms with E-state index in [1.165, 1.54) is 17.7 Å². The second-order valence-corrected chi connectivity index (χ2v) is 9.88. The van der Waals surface area contributed by atoms with E-state index in [1.54, 1.807) is 19.0 Å². The number of amides is 2. The summed E-state index contributed by atoms with van der Waals surface area (Å²) < 4.78 is 2.22. The number of aromatic nitrogens is 1. The fourth-order valence-electron chi connectivity index (χ4n) is 5.36. The Balaban J connectivity index is 1.31. The predicted octanol–water partition coefficient (Wildman–Crippen LogP) is 3.60. The SMILES string of the molecule is CN(C)C(=O)c1ccc(CN2CCn3c(C(=O)NCc4ccc(N)cc4)ccc3C23CCC3)cc1. The minimum Gasteiger partial charge on any atom is -0.399 e. The second-order valence-electron chi connectivity index (χ2n) is 9.88. The minimum absolute atomic E-state index is 0.0185. The van der Waals surface area contributed by atoms with Gasteiger partial charge >= 0.3 is 0 Å². The maximum absolute atomic E-state index is 13.0. The summed E-state index contributed by atoms with van der Waals surface area (Å²) in [5.41, 5.74) is 11.4. The number of fused-ring (bicyclic) bond motifs is 2. The van der Waals surface area contributed by atoms with Crippen molar-refractivity contribution in [3.8, 4) is 0 Å². The number of hydrogen-bond donors (Lipinski definition) is 2. The Bertz CT molecular complexity index is 1220. The molecule has 3 aromatic rings. The van der Waals surface area contributed by atoms with Gasteiger partial charge in [-0.25, -0.2) is 0 Å². The maximum atomic E-state index is 13.0. The van der Waals surface area contributed by atoms with Crippen LogP contribution >= 0.6 is 0 Å². The highest BCUT2D eigenvalue weighted by Gasteiger charge is 2.48. The van der Waals surface area contributed by atoms with Gasteiger partial charge in [-0.3, -0.25) is 14.5 Å². The maximum Gasteiger partial charge on any atom is 0.268 e. The number of hydrogen-bond acceptors (Lipinski definition) is 4. The Kier molecular flexibility index (Phi) is 6.11. The van der Waals surface area contributed by atoms with Crippen molar-refractivity contribution in [2.24, 2.45) is 0 Å². The number of nitrogens with one attached hydrogen (secondary N) is 1. The minimum atomic E-state index is -0.0443. The first-order chi connectivity index (χ1) is 16.9. The molecule has 0 atom stereocenters. The summed E-state index contributed by atoms with van der Waals surface area (Å²) in [5, 5.41) is 3.06. The fourth-order valence-corrected chi connectivity index (χ4v) is 5.36. The van der Waals surface area contributed by atoms with Crippen LogP contribution < -0.4 is 11.1 Å². The quantitative estimate of drug-likeness (QED) is 0.538. The van der Waals surface area contributed by atoms with Crippen molar-refractivity contribution < 1.29 is 9.59 Å². The van der Waals surface area contributed by atoms with Gasteiger partial charge in [0, 0.05) is 57.2 Å². The first-order valence-corrected chi connectivity index (χ1v) is 12.3. The van der Waals surface area contributed by atoms with E-state index in [1.807, 2.05) is 42.5 Å². The van der Waals surface area contributed by atoms with Crippen LogP contribution in [0.3, 0.4) is 0 Å². The molecular weight excluding hydrogens is 438 g/mol. The summed E-state index contributed by atoms with van der Waals surface area (Å²) in [6.07, 6.45) is 3.39. The number of carbonyl (C=O) groups excluding carboxylic acids is 2. The van der Waals surface area contributed by atoms with Gasteiger partial charge in [0.25, 0.3) is 11.8 Å². The van der Waals surface area contributed by atoms with Gasteiger partial charge in [-0.15, -0.1) is 0 Å². The second kappa shape index (κ2) is 9.23. The van der Waals surface area contributed by atoms with Crippen LogP contribution in [0.5, 0.6) is 0 Å². The lowest BCUT2D eigenvalue weighted by molar-refractivity contribution is -0.0217. The summed E-state index contributed by atoms with van der Waals surface area (Å²) in [5.74, 6) is -0.0258. The van der Waals surface area contributed by atoms with Gasteiger partial charge in [-0.05, 0) is 66.8 Å². The molecular formula is C28H33N5O2. The van der Waals surface area contributed by atoms with Crippen molar-refractivity contribution in [1.82, 2.24) is 19.7 Å². The number of anilines is 1. The Labute approximate surface area is 206 Å². The van der Waals surface area contributed by atoms with E-state index in [2.05, 4.69) is 33.0 Å². The van der Waals surface area contributed by atoms with Gasteiger partial charge < -0.3 is 20.5 Å². The van der Waals surface area contributed by atoms with E-state index in [4.69, 9.17) is 5.73 Å². The average molecular weight is 472 g/mol. The molecule has 1 spiro atoms. The first kappa shape index (κ1) is 23.2. The Hall–Kier alpha value is -3.58. The Morgan fingerprint density at radius 3 is 2.26 bits per heavy atom. The number of nitrogens with zero attached hydrogens (tertiary/aromatic N) is 3. The van der Waals surface area contributed by atoms with Crippen LogP contribution in [0.4, 0.5) is 5.69 Å². The zero-order valence-corrected chi connectivity index (χ0v) is 20.5. The van der Waals surface area contributed by atoms with Gasteiger partial charge in [-0.1, -0.05) is 24.3 Å². The summed E-state index contributed by atoms with van der Waals surface area (Å²) in [6.45, 7) is 2.98. The van der Waals surface area contributed by atoms with Crippen LogP contribution in [-0.4, -0.2) is 46.8 Å². The molecule has 182 valence electrons. The van der Waals surface area contributed by atoms with E-state index >= 15 is 0 Å². The summed E-state index contributed by atoms with van der Waals surface area (Å²) in [4.78, 5) is 29.4. The van der Waals surface area contributed by atoms with Gasteiger partial charge in [0.05, 0.1) is 5.54 Å². The lowest BCUT2D eigenvalue weighted by Gasteiger charge is -2.53. The molecule has 2 amide bonds. The van der Waals surface area contributed by atoms with Crippen LogP contribution in [0.25, 0.3) is 0 Å². The molecule has 1 aliphatic carbocycles. The molecule has 0 unspecified atom stereocenters. The van der Waals surface area contributed by atoms with E-state index in [9.17, 15) is 9.59 Å². The van der Waals surface area contributed by atoms with Crippen molar-refractivity contribution in [3.05, 3.63) is 88.7 Å². The molecule has 0 bridgehead atoms.